The number of hydrogen-bond acceptors (Lipinski definition) is 5. The van der Waals surface area contributed by atoms with Crippen LogP contribution in [0.3, 0.4) is 0 Å². The summed E-state index contributed by atoms with van der Waals surface area (Å²) in [5, 5.41) is 0. The number of likely N-dealkylation sites (N-methyl/N-ethyl adjacent to an activating group) is 1. The van der Waals surface area contributed by atoms with Crippen molar-refractivity contribution in [2.45, 2.75) is 0 Å². The average molecular weight is 283 g/mol. The van der Waals surface area contributed by atoms with Crippen LogP contribution in [-0.2, 0) is 14.2 Å². The molecule has 0 saturated carbocycles. The quantitative estimate of drug-likeness (QED) is 0.579. The molecule has 0 spiro atoms. The van der Waals surface area contributed by atoms with Gasteiger partial charge in [-0.1, -0.05) is 0 Å². The van der Waals surface area contributed by atoms with Gasteiger partial charge in [-0.15, -0.1) is 0 Å². The van der Waals surface area contributed by atoms with E-state index in [0.717, 1.165) is 18.0 Å². The van der Waals surface area contributed by atoms with Crippen molar-refractivity contribution in [2.75, 3.05) is 65.7 Å². The van der Waals surface area contributed by atoms with Gasteiger partial charge in [-0.3, -0.25) is 0 Å². The lowest BCUT2D eigenvalue weighted by atomic mass is 10.3. The van der Waals surface area contributed by atoms with E-state index in [1.165, 1.54) is 0 Å². The first-order chi connectivity index (χ1) is 9.77. The summed E-state index contributed by atoms with van der Waals surface area (Å²) in [5.74, 6) is 0.867. The van der Waals surface area contributed by atoms with Crippen LogP contribution in [0.15, 0.2) is 24.3 Å². The van der Waals surface area contributed by atoms with Gasteiger partial charge < -0.3 is 23.8 Å². The highest BCUT2D eigenvalue weighted by Gasteiger charge is 2.01. The number of nitrogens with zero attached hydrogens (tertiary/aromatic N) is 1. The summed E-state index contributed by atoms with van der Waals surface area (Å²) in [6, 6.07) is 7.98. The van der Waals surface area contributed by atoms with Gasteiger partial charge in [0.2, 0.25) is 0 Å². The third kappa shape index (κ3) is 6.75. The van der Waals surface area contributed by atoms with Crippen molar-refractivity contribution in [1.82, 2.24) is 0 Å². The van der Waals surface area contributed by atoms with Crippen LogP contribution >= 0.6 is 0 Å². The maximum absolute atomic E-state index is 5.52. The number of rotatable bonds is 11. The van der Waals surface area contributed by atoms with Crippen molar-refractivity contribution >= 4 is 5.69 Å². The fraction of sp³-hybridized carbons (Fsp3) is 0.600. The Kier molecular flexibility index (Phi) is 8.78. The molecule has 114 valence electrons. The summed E-state index contributed by atoms with van der Waals surface area (Å²) in [5.41, 5.74) is 1.14. The van der Waals surface area contributed by atoms with E-state index in [0.29, 0.717) is 33.0 Å². The molecule has 0 fully saturated rings. The fourth-order valence-electron chi connectivity index (χ4n) is 1.63. The van der Waals surface area contributed by atoms with Crippen LogP contribution in [0.25, 0.3) is 0 Å². The fourth-order valence-corrected chi connectivity index (χ4v) is 1.63. The van der Waals surface area contributed by atoms with Gasteiger partial charge in [0.15, 0.2) is 0 Å². The van der Waals surface area contributed by atoms with Crippen molar-refractivity contribution in [2.24, 2.45) is 0 Å². The second-order valence-electron chi connectivity index (χ2n) is 4.34. The first-order valence-corrected chi connectivity index (χ1v) is 6.77. The van der Waals surface area contributed by atoms with E-state index in [2.05, 4.69) is 4.90 Å². The van der Waals surface area contributed by atoms with Crippen LogP contribution in [0.5, 0.6) is 5.75 Å². The first kappa shape index (κ1) is 16.8. The predicted molar refractivity (Wildman–Crippen MR) is 79.8 cm³/mol. The minimum Gasteiger partial charge on any atom is -0.497 e. The van der Waals surface area contributed by atoms with Crippen molar-refractivity contribution in [3.63, 3.8) is 0 Å². The Balaban J connectivity index is 2.08. The Morgan fingerprint density at radius 2 is 1.45 bits per heavy atom. The van der Waals surface area contributed by atoms with Crippen LogP contribution in [0.2, 0.25) is 0 Å². The van der Waals surface area contributed by atoms with Gasteiger partial charge in [0.1, 0.15) is 5.75 Å². The molecule has 0 aliphatic carbocycles. The SMILES string of the molecule is COCCOCCOCCN(C)c1ccc(OC)cc1. The highest BCUT2D eigenvalue weighted by atomic mass is 16.5. The lowest BCUT2D eigenvalue weighted by Crippen LogP contribution is -2.23. The highest BCUT2D eigenvalue weighted by Crippen LogP contribution is 2.17. The molecule has 0 atom stereocenters. The summed E-state index contributed by atoms with van der Waals surface area (Å²) in [6.07, 6.45) is 0. The number of benzene rings is 1. The Morgan fingerprint density at radius 1 is 0.850 bits per heavy atom. The molecule has 0 aliphatic rings. The van der Waals surface area contributed by atoms with Gasteiger partial charge >= 0.3 is 0 Å². The van der Waals surface area contributed by atoms with Gasteiger partial charge in [-0.05, 0) is 24.3 Å². The Hall–Kier alpha value is -1.30. The van der Waals surface area contributed by atoms with Gasteiger partial charge in [0, 0.05) is 26.4 Å². The van der Waals surface area contributed by atoms with E-state index >= 15 is 0 Å². The molecular formula is C15H25NO4. The first-order valence-electron chi connectivity index (χ1n) is 6.77. The van der Waals surface area contributed by atoms with Gasteiger partial charge in [-0.2, -0.15) is 0 Å². The summed E-state index contributed by atoms with van der Waals surface area (Å²) < 4.78 is 20.9. The molecule has 20 heavy (non-hydrogen) atoms. The molecule has 0 aromatic heterocycles. The molecule has 0 N–H and O–H groups in total. The van der Waals surface area contributed by atoms with Crippen LogP contribution in [0.4, 0.5) is 5.69 Å². The topological polar surface area (TPSA) is 40.2 Å². The Labute approximate surface area is 121 Å². The maximum Gasteiger partial charge on any atom is 0.119 e. The van der Waals surface area contributed by atoms with E-state index in [1.54, 1.807) is 14.2 Å². The summed E-state index contributed by atoms with van der Waals surface area (Å²) >= 11 is 0. The second kappa shape index (κ2) is 10.5. The number of ether oxygens (including phenoxy) is 4. The van der Waals surface area contributed by atoms with E-state index in [4.69, 9.17) is 18.9 Å². The van der Waals surface area contributed by atoms with E-state index < -0.39 is 0 Å². The second-order valence-corrected chi connectivity index (χ2v) is 4.34. The standard InChI is InChI=1S/C15H25NO4/c1-16(14-4-6-15(18-3)7-5-14)8-9-19-12-13-20-11-10-17-2/h4-7H,8-13H2,1-3H3. The smallest absolute Gasteiger partial charge is 0.119 e. The van der Waals surface area contributed by atoms with Gasteiger partial charge in [0.25, 0.3) is 0 Å². The van der Waals surface area contributed by atoms with Crippen LogP contribution in [0.1, 0.15) is 0 Å². The lowest BCUT2D eigenvalue weighted by Gasteiger charge is -2.19. The minimum absolute atomic E-state index is 0.607. The molecule has 0 bridgehead atoms. The molecule has 0 heterocycles. The van der Waals surface area contributed by atoms with Crippen molar-refractivity contribution in [3.05, 3.63) is 24.3 Å². The zero-order valence-electron chi connectivity index (χ0n) is 12.6. The largest absolute Gasteiger partial charge is 0.497 e. The molecule has 5 nitrogen and oxygen atoms in total. The Morgan fingerprint density at radius 3 is 2.05 bits per heavy atom. The molecule has 1 aromatic carbocycles. The third-order valence-corrected chi connectivity index (χ3v) is 2.89. The van der Waals surface area contributed by atoms with Crippen LogP contribution < -0.4 is 9.64 Å². The zero-order chi connectivity index (χ0) is 14.6. The summed E-state index contributed by atoms with van der Waals surface area (Å²) in [6.45, 7) is 3.97. The number of anilines is 1. The average Bonchev–Trinajstić information content (AvgIpc) is 2.50. The monoisotopic (exact) mass is 283 g/mol. The van der Waals surface area contributed by atoms with Crippen molar-refractivity contribution < 1.29 is 18.9 Å². The third-order valence-electron chi connectivity index (χ3n) is 2.89. The van der Waals surface area contributed by atoms with Crippen molar-refractivity contribution in [3.8, 4) is 5.75 Å². The molecule has 0 saturated heterocycles. The number of methoxy groups -OCH3 is 2. The van der Waals surface area contributed by atoms with E-state index in [1.807, 2.05) is 31.3 Å². The summed E-state index contributed by atoms with van der Waals surface area (Å²) in [7, 11) is 5.37. The Bertz CT molecular complexity index is 342. The van der Waals surface area contributed by atoms with E-state index in [-0.39, 0.29) is 0 Å². The molecule has 1 rings (SSSR count). The molecule has 0 aliphatic heterocycles. The minimum atomic E-state index is 0.607. The molecule has 5 heteroatoms. The van der Waals surface area contributed by atoms with Crippen LogP contribution in [-0.4, -0.2) is 60.8 Å². The van der Waals surface area contributed by atoms with Gasteiger partial charge in [-0.25, -0.2) is 0 Å². The van der Waals surface area contributed by atoms with Crippen LogP contribution in [0, 0.1) is 0 Å². The van der Waals surface area contributed by atoms with Gasteiger partial charge in [0.05, 0.1) is 40.1 Å². The van der Waals surface area contributed by atoms with Crippen molar-refractivity contribution in [1.29, 1.82) is 0 Å². The molecule has 0 radical (unpaired) electrons. The lowest BCUT2D eigenvalue weighted by molar-refractivity contribution is 0.0266. The molecular weight excluding hydrogens is 258 g/mol. The normalized spacial score (nSPS) is 10.6. The highest BCUT2D eigenvalue weighted by molar-refractivity contribution is 5.48. The summed E-state index contributed by atoms with van der Waals surface area (Å²) in [4.78, 5) is 2.14. The molecule has 0 amide bonds. The zero-order valence-corrected chi connectivity index (χ0v) is 12.6. The predicted octanol–water partition coefficient (Wildman–Crippen LogP) is 1.81. The maximum atomic E-state index is 5.52. The molecule has 0 unspecified atom stereocenters. The van der Waals surface area contributed by atoms with E-state index in [9.17, 15) is 0 Å². The molecule has 1 aromatic rings. The number of hydrogen-bond donors (Lipinski definition) is 0.